The van der Waals surface area contributed by atoms with Crippen LogP contribution in [0.3, 0.4) is 0 Å². The van der Waals surface area contributed by atoms with Gasteiger partial charge in [-0.15, -0.1) is 0 Å². The minimum atomic E-state index is -0.739. The average Bonchev–Trinajstić information content (AvgIpc) is 2.60. The number of para-hydroxylation sites is 1. The van der Waals surface area contributed by atoms with Crippen LogP contribution in [0.4, 0.5) is 5.69 Å². The van der Waals surface area contributed by atoms with Gasteiger partial charge in [-0.3, -0.25) is 14.9 Å². The molecule has 0 fully saturated rings. The first kappa shape index (κ1) is 18.1. The third-order valence-corrected chi connectivity index (χ3v) is 3.57. The number of hydrogen-bond donors (Lipinski definition) is 0. The number of benzene rings is 2. The maximum absolute atomic E-state index is 12.1. The zero-order valence-electron chi connectivity index (χ0n) is 13.9. The highest BCUT2D eigenvalue weighted by molar-refractivity contribution is 6.00. The van der Waals surface area contributed by atoms with Crippen LogP contribution in [0.2, 0.25) is 0 Å². The van der Waals surface area contributed by atoms with Gasteiger partial charge in [-0.25, -0.2) is 4.79 Å². The normalized spacial score (nSPS) is 10.6. The van der Waals surface area contributed by atoms with Gasteiger partial charge in [-0.05, 0) is 37.6 Å². The molecule has 6 heteroatoms. The lowest BCUT2D eigenvalue weighted by Crippen LogP contribution is -2.13. The molecule has 0 unspecified atom stereocenters. The predicted molar refractivity (Wildman–Crippen MR) is 93.3 cm³/mol. The van der Waals surface area contributed by atoms with Gasteiger partial charge in [0.1, 0.15) is 0 Å². The molecule has 2 aromatic rings. The molecular formula is C19H17NO5. The fourth-order valence-electron chi connectivity index (χ4n) is 2.25. The summed E-state index contributed by atoms with van der Waals surface area (Å²) in [5.74, 6) is -1.04. The van der Waals surface area contributed by atoms with Crippen LogP contribution >= 0.6 is 0 Å². The lowest BCUT2D eigenvalue weighted by atomic mass is 10.0. The summed E-state index contributed by atoms with van der Waals surface area (Å²) in [6.07, 6.45) is 2.36. The number of rotatable bonds is 6. The summed E-state index contributed by atoms with van der Waals surface area (Å²) in [7, 11) is 0. The van der Waals surface area contributed by atoms with Crippen LogP contribution in [0.25, 0.3) is 6.08 Å². The quantitative estimate of drug-likeness (QED) is 0.264. The fraction of sp³-hybridized carbons (Fsp3) is 0.158. The minimum absolute atomic E-state index is 0.113. The summed E-state index contributed by atoms with van der Waals surface area (Å²) < 4.78 is 4.93. The van der Waals surface area contributed by atoms with Crippen LogP contribution in [-0.4, -0.2) is 23.3 Å². The molecule has 2 aromatic carbocycles. The van der Waals surface area contributed by atoms with Gasteiger partial charge < -0.3 is 4.74 Å². The van der Waals surface area contributed by atoms with Gasteiger partial charge in [0.2, 0.25) is 5.78 Å². The van der Waals surface area contributed by atoms with Gasteiger partial charge in [0.15, 0.2) is 6.61 Å². The summed E-state index contributed by atoms with van der Waals surface area (Å²) >= 11 is 0. The van der Waals surface area contributed by atoms with E-state index < -0.39 is 10.9 Å². The number of nitro benzene ring substituents is 1. The van der Waals surface area contributed by atoms with E-state index in [9.17, 15) is 19.7 Å². The Labute approximate surface area is 144 Å². The van der Waals surface area contributed by atoms with Gasteiger partial charge in [-0.1, -0.05) is 29.8 Å². The molecule has 0 aliphatic heterocycles. The Balaban J connectivity index is 2.00. The van der Waals surface area contributed by atoms with Gasteiger partial charge in [0, 0.05) is 17.7 Å². The summed E-state index contributed by atoms with van der Waals surface area (Å²) in [6.45, 7) is 3.30. The molecule has 0 saturated heterocycles. The number of carbonyl (C=O) groups is 2. The van der Waals surface area contributed by atoms with Crippen molar-refractivity contribution in [1.29, 1.82) is 0 Å². The Morgan fingerprint density at radius 1 is 1.16 bits per heavy atom. The smallest absolute Gasteiger partial charge is 0.331 e. The molecule has 0 atom stereocenters. The van der Waals surface area contributed by atoms with Crippen molar-refractivity contribution in [3.05, 3.63) is 80.9 Å². The lowest BCUT2D eigenvalue weighted by Gasteiger charge is -2.06. The summed E-state index contributed by atoms with van der Waals surface area (Å²) in [6, 6.07) is 11.5. The van der Waals surface area contributed by atoms with Crippen LogP contribution < -0.4 is 0 Å². The van der Waals surface area contributed by atoms with Crippen LogP contribution in [0.15, 0.2) is 48.5 Å². The molecule has 0 N–H and O–H groups in total. The number of esters is 1. The first-order valence-electron chi connectivity index (χ1n) is 7.57. The molecule has 0 aromatic heterocycles. The van der Waals surface area contributed by atoms with Gasteiger partial charge in [-0.2, -0.15) is 0 Å². The maximum atomic E-state index is 12.1. The Morgan fingerprint density at radius 3 is 2.60 bits per heavy atom. The molecular weight excluding hydrogens is 322 g/mol. The molecule has 0 aliphatic carbocycles. The van der Waals surface area contributed by atoms with Crippen LogP contribution in [0, 0.1) is 24.0 Å². The van der Waals surface area contributed by atoms with Crippen molar-refractivity contribution in [2.75, 3.05) is 6.61 Å². The second kappa shape index (κ2) is 8.01. The topological polar surface area (TPSA) is 86.5 Å². The standard InChI is InChI=1S/C19H17NO5/c1-13-7-8-14(2)16(11-13)18(21)12-25-19(22)10-9-15-5-3-4-6-17(15)20(23)24/h3-11H,12H2,1-2H3/b10-9+. The monoisotopic (exact) mass is 339 g/mol. The van der Waals surface area contributed by atoms with E-state index in [0.717, 1.165) is 17.2 Å². The second-order valence-corrected chi connectivity index (χ2v) is 5.50. The largest absolute Gasteiger partial charge is 0.454 e. The second-order valence-electron chi connectivity index (χ2n) is 5.50. The predicted octanol–water partition coefficient (Wildman–Crippen LogP) is 3.65. The lowest BCUT2D eigenvalue weighted by molar-refractivity contribution is -0.385. The number of ketones is 1. The van der Waals surface area contributed by atoms with Crippen molar-refractivity contribution in [3.63, 3.8) is 0 Å². The maximum Gasteiger partial charge on any atom is 0.331 e. The zero-order chi connectivity index (χ0) is 18.4. The minimum Gasteiger partial charge on any atom is -0.454 e. The van der Waals surface area contributed by atoms with Crippen LogP contribution in [0.5, 0.6) is 0 Å². The van der Waals surface area contributed by atoms with Gasteiger partial charge in [0.05, 0.1) is 10.5 Å². The van der Waals surface area contributed by atoms with E-state index in [1.807, 2.05) is 26.0 Å². The number of ether oxygens (including phenoxy) is 1. The first-order valence-corrected chi connectivity index (χ1v) is 7.57. The molecule has 0 heterocycles. The zero-order valence-corrected chi connectivity index (χ0v) is 13.9. The molecule has 0 aliphatic rings. The number of hydrogen-bond acceptors (Lipinski definition) is 5. The van der Waals surface area contributed by atoms with E-state index >= 15 is 0 Å². The number of carbonyl (C=O) groups excluding carboxylic acids is 2. The van der Waals surface area contributed by atoms with Gasteiger partial charge >= 0.3 is 5.97 Å². The van der Waals surface area contributed by atoms with Crippen LogP contribution in [0.1, 0.15) is 27.0 Å². The van der Waals surface area contributed by atoms with E-state index in [1.165, 1.54) is 24.3 Å². The summed E-state index contributed by atoms with van der Waals surface area (Å²) in [4.78, 5) is 34.3. The molecule has 6 nitrogen and oxygen atoms in total. The summed E-state index contributed by atoms with van der Waals surface area (Å²) in [5.41, 5.74) is 2.43. The summed E-state index contributed by atoms with van der Waals surface area (Å²) in [5, 5.41) is 10.9. The number of nitro groups is 1. The molecule has 0 radical (unpaired) electrons. The van der Waals surface area contributed by atoms with E-state index in [0.29, 0.717) is 5.56 Å². The molecule has 2 rings (SSSR count). The van der Waals surface area contributed by atoms with Crippen molar-refractivity contribution in [2.24, 2.45) is 0 Å². The molecule has 0 saturated carbocycles. The Morgan fingerprint density at radius 2 is 1.88 bits per heavy atom. The Kier molecular flexibility index (Phi) is 5.79. The third-order valence-electron chi connectivity index (χ3n) is 3.57. The number of nitrogens with zero attached hydrogens (tertiary/aromatic N) is 1. The Hall–Kier alpha value is -3.28. The molecule has 0 spiro atoms. The van der Waals surface area contributed by atoms with E-state index in [4.69, 9.17) is 4.74 Å². The van der Waals surface area contributed by atoms with E-state index in [2.05, 4.69) is 0 Å². The highest BCUT2D eigenvalue weighted by Gasteiger charge is 2.13. The number of Topliss-reactive ketones (excluding diaryl/α,β-unsaturated/α-hetero) is 1. The third kappa shape index (κ3) is 4.84. The first-order chi connectivity index (χ1) is 11.9. The van der Waals surface area contributed by atoms with Crippen molar-refractivity contribution >= 4 is 23.5 Å². The highest BCUT2D eigenvalue weighted by atomic mass is 16.6. The number of aryl methyl sites for hydroxylation is 2. The van der Waals surface area contributed by atoms with Crippen molar-refractivity contribution in [1.82, 2.24) is 0 Å². The molecule has 25 heavy (non-hydrogen) atoms. The van der Waals surface area contributed by atoms with Gasteiger partial charge in [0.25, 0.3) is 5.69 Å². The van der Waals surface area contributed by atoms with E-state index in [-0.39, 0.29) is 23.6 Å². The average molecular weight is 339 g/mol. The van der Waals surface area contributed by atoms with E-state index in [1.54, 1.807) is 12.1 Å². The van der Waals surface area contributed by atoms with Crippen molar-refractivity contribution in [3.8, 4) is 0 Å². The van der Waals surface area contributed by atoms with Crippen LogP contribution in [-0.2, 0) is 9.53 Å². The van der Waals surface area contributed by atoms with Crippen molar-refractivity contribution < 1.29 is 19.2 Å². The molecule has 128 valence electrons. The molecule has 0 amide bonds. The molecule has 0 bridgehead atoms. The SMILES string of the molecule is Cc1ccc(C)c(C(=O)COC(=O)/C=C/c2ccccc2[N+](=O)[O-])c1. The fourth-order valence-corrected chi connectivity index (χ4v) is 2.25. The Bertz CT molecular complexity index is 855. The highest BCUT2D eigenvalue weighted by Crippen LogP contribution is 2.19. The van der Waals surface area contributed by atoms with Crippen molar-refractivity contribution in [2.45, 2.75) is 13.8 Å².